The summed E-state index contributed by atoms with van der Waals surface area (Å²) >= 11 is 0. The number of nitrogens with one attached hydrogen (secondary N) is 1. The number of aliphatic hydroxyl groups excluding tert-OH is 1. The zero-order valence-electron chi connectivity index (χ0n) is 12.4. The first-order chi connectivity index (χ1) is 10.3. The lowest BCUT2D eigenvalue weighted by Gasteiger charge is -2.19. The summed E-state index contributed by atoms with van der Waals surface area (Å²) in [5, 5.41) is 12.6. The second kappa shape index (κ2) is 6.56. The highest BCUT2D eigenvalue weighted by atomic mass is 16.3. The van der Waals surface area contributed by atoms with Crippen molar-refractivity contribution >= 4 is 5.91 Å². The SMILES string of the molecule is O=C(NCC(CO)Cc1ccccn1)C(C1CC1)C1CC1. The van der Waals surface area contributed by atoms with Crippen molar-refractivity contribution in [1.29, 1.82) is 0 Å². The van der Waals surface area contributed by atoms with E-state index in [4.69, 9.17) is 0 Å². The number of aliphatic hydroxyl groups is 1. The molecule has 4 heteroatoms. The van der Waals surface area contributed by atoms with Gasteiger partial charge in [0.25, 0.3) is 0 Å². The van der Waals surface area contributed by atoms with Gasteiger partial charge in [-0.15, -0.1) is 0 Å². The van der Waals surface area contributed by atoms with E-state index in [1.54, 1.807) is 6.20 Å². The van der Waals surface area contributed by atoms with Crippen LogP contribution in [0.2, 0.25) is 0 Å². The molecule has 4 nitrogen and oxygen atoms in total. The van der Waals surface area contributed by atoms with Gasteiger partial charge in [-0.2, -0.15) is 0 Å². The molecule has 1 aromatic heterocycles. The maximum absolute atomic E-state index is 12.4. The van der Waals surface area contributed by atoms with Gasteiger partial charge >= 0.3 is 0 Å². The van der Waals surface area contributed by atoms with Gasteiger partial charge in [-0.1, -0.05) is 6.07 Å². The lowest BCUT2D eigenvalue weighted by atomic mass is 9.96. The molecule has 1 heterocycles. The van der Waals surface area contributed by atoms with E-state index in [0.29, 0.717) is 24.8 Å². The van der Waals surface area contributed by atoms with E-state index in [2.05, 4.69) is 10.3 Å². The summed E-state index contributed by atoms with van der Waals surface area (Å²) in [6, 6.07) is 5.79. The van der Waals surface area contributed by atoms with E-state index >= 15 is 0 Å². The van der Waals surface area contributed by atoms with E-state index in [0.717, 1.165) is 5.69 Å². The maximum Gasteiger partial charge on any atom is 0.223 e. The highest BCUT2D eigenvalue weighted by Gasteiger charge is 2.45. The molecule has 1 aromatic rings. The predicted octanol–water partition coefficient (Wildman–Crippen LogP) is 1.78. The van der Waals surface area contributed by atoms with Gasteiger partial charge in [0.1, 0.15) is 0 Å². The molecule has 21 heavy (non-hydrogen) atoms. The Morgan fingerprint density at radius 1 is 1.29 bits per heavy atom. The number of rotatable bonds is 8. The topological polar surface area (TPSA) is 62.2 Å². The first-order valence-corrected chi connectivity index (χ1v) is 8.06. The molecule has 2 fully saturated rings. The quantitative estimate of drug-likeness (QED) is 0.766. The van der Waals surface area contributed by atoms with Crippen LogP contribution in [0.4, 0.5) is 0 Å². The van der Waals surface area contributed by atoms with Crippen LogP contribution in [0.1, 0.15) is 31.4 Å². The minimum atomic E-state index is 0.0444. The van der Waals surface area contributed by atoms with Crippen molar-refractivity contribution in [2.45, 2.75) is 32.1 Å². The van der Waals surface area contributed by atoms with Gasteiger partial charge < -0.3 is 10.4 Å². The summed E-state index contributed by atoms with van der Waals surface area (Å²) in [6.07, 6.45) is 7.32. The number of amides is 1. The van der Waals surface area contributed by atoms with Gasteiger partial charge in [0.05, 0.1) is 0 Å². The molecule has 1 amide bonds. The Hall–Kier alpha value is -1.42. The number of carbonyl (C=O) groups is 1. The van der Waals surface area contributed by atoms with Gasteiger partial charge in [-0.3, -0.25) is 9.78 Å². The molecule has 2 aliphatic carbocycles. The lowest BCUT2D eigenvalue weighted by Crippen LogP contribution is -2.37. The van der Waals surface area contributed by atoms with Crippen molar-refractivity contribution in [3.8, 4) is 0 Å². The van der Waals surface area contributed by atoms with Crippen LogP contribution in [0.25, 0.3) is 0 Å². The number of carbonyl (C=O) groups excluding carboxylic acids is 1. The Bertz CT molecular complexity index is 457. The largest absolute Gasteiger partial charge is 0.396 e. The molecule has 114 valence electrons. The second-order valence-corrected chi connectivity index (χ2v) is 6.52. The lowest BCUT2D eigenvalue weighted by molar-refractivity contribution is -0.126. The highest BCUT2D eigenvalue weighted by Crippen LogP contribution is 2.49. The summed E-state index contributed by atoms with van der Waals surface area (Å²) in [6.45, 7) is 0.621. The Morgan fingerprint density at radius 2 is 2.00 bits per heavy atom. The van der Waals surface area contributed by atoms with Crippen molar-refractivity contribution in [3.63, 3.8) is 0 Å². The number of aromatic nitrogens is 1. The number of pyridine rings is 1. The molecule has 3 rings (SSSR count). The van der Waals surface area contributed by atoms with Crippen LogP contribution in [0.5, 0.6) is 0 Å². The maximum atomic E-state index is 12.4. The average molecular weight is 288 g/mol. The van der Waals surface area contributed by atoms with Crippen LogP contribution in [0.15, 0.2) is 24.4 Å². The Kier molecular flexibility index (Phi) is 4.54. The summed E-state index contributed by atoms with van der Waals surface area (Å²) in [4.78, 5) is 16.7. The smallest absolute Gasteiger partial charge is 0.223 e. The van der Waals surface area contributed by atoms with Crippen LogP contribution in [-0.4, -0.2) is 29.1 Å². The number of hydrogen-bond donors (Lipinski definition) is 2. The Labute approximate surface area is 126 Å². The summed E-state index contributed by atoms with van der Waals surface area (Å²) < 4.78 is 0. The van der Waals surface area contributed by atoms with Gasteiger partial charge in [-0.25, -0.2) is 0 Å². The predicted molar refractivity (Wildman–Crippen MR) is 80.5 cm³/mol. The molecule has 2 N–H and O–H groups in total. The normalized spacial score (nSPS) is 19.5. The molecule has 0 spiro atoms. The molecule has 0 saturated heterocycles. The standard InChI is InChI=1S/C17H24N2O2/c20-11-12(9-15-3-1-2-8-18-15)10-19-17(21)16(13-4-5-13)14-6-7-14/h1-3,8,12-14,16,20H,4-7,9-11H2,(H,19,21). The third kappa shape index (κ3) is 4.03. The van der Waals surface area contributed by atoms with Crippen molar-refractivity contribution < 1.29 is 9.90 Å². The van der Waals surface area contributed by atoms with Crippen molar-refractivity contribution in [1.82, 2.24) is 10.3 Å². The zero-order chi connectivity index (χ0) is 14.7. The second-order valence-electron chi connectivity index (χ2n) is 6.52. The fraction of sp³-hybridized carbons (Fsp3) is 0.647. The molecule has 0 aliphatic heterocycles. The molecule has 0 bridgehead atoms. The van der Waals surface area contributed by atoms with Crippen LogP contribution < -0.4 is 5.32 Å². The van der Waals surface area contributed by atoms with E-state index < -0.39 is 0 Å². The van der Waals surface area contributed by atoms with Crippen molar-refractivity contribution in [3.05, 3.63) is 30.1 Å². The van der Waals surface area contributed by atoms with E-state index in [-0.39, 0.29) is 24.3 Å². The average Bonchev–Trinajstić information content (AvgIpc) is 3.39. The van der Waals surface area contributed by atoms with E-state index in [1.807, 2.05) is 18.2 Å². The summed E-state index contributed by atoms with van der Waals surface area (Å²) in [5.74, 6) is 1.74. The van der Waals surface area contributed by atoms with E-state index in [1.165, 1.54) is 25.7 Å². The molecular weight excluding hydrogens is 264 g/mol. The van der Waals surface area contributed by atoms with Crippen LogP contribution >= 0.6 is 0 Å². The third-order valence-corrected chi connectivity index (χ3v) is 4.61. The minimum absolute atomic E-state index is 0.0444. The summed E-state index contributed by atoms with van der Waals surface area (Å²) in [7, 11) is 0. The van der Waals surface area contributed by atoms with E-state index in [9.17, 15) is 9.90 Å². The number of hydrogen-bond acceptors (Lipinski definition) is 3. The fourth-order valence-corrected chi connectivity index (χ4v) is 3.10. The Balaban J connectivity index is 1.49. The van der Waals surface area contributed by atoms with Gasteiger partial charge in [0.2, 0.25) is 5.91 Å². The first-order valence-electron chi connectivity index (χ1n) is 8.06. The highest BCUT2D eigenvalue weighted by molar-refractivity contribution is 5.80. The van der Waals surface area contributed by atoms with Gasteiger partial charge in [0, 0.05) is 36.9 Å². The number of nitrogens with zero attached hydrogens (tertiary/aromatic N) is 1. The fourth-order valence-electron chi connectivity index (χ4n) is 3.10. The molecular formula is C17H24N2O2. The van der Waals surface area contributed by atoms with Crippen molar-refractivity contribution in [2.24, 2.45) is 23.7 Å². The Morgan fingerprint density at radius 3 is 2.52 bits per heavy atom. The molecule has 2 aliphatic rings. The third-order valence-electron chi connectivity index (χ3n) is 4.61. The van der Waals surface area contributed by atoms with Gasteiger partial charge in [0.15, 0.2) is 0 Å². The monoisotopic (exact) mass is 288 g/mol. The minimum Gasteiger partial charge on any atom is -0.396 e. The zero-order valence-corrected chi connectivity index (χ0v) is 12.4. The molecule has 0 aromatic carbocycles. The van der Waals surface area contributed by atoms with Crippen LogP contribution in [0, 0.1) is 23.7 Å². The molecule has 1 atom stereocenters. The van der Waals surface area contributed by atoms with Crippen LogP contribution in [0.3, 0.4) is 0 Å². The molecule has 0 radical (unpaired) electrons. The summed E-state index contributed by atoms with van der Waals surface area (Å²) in [5.41, 5.74) is 0.965. The first kappa shape index (κ1) is 14.5. The van der Waals surface area contributed by atoms with Gasteiger partial charge in [-0.05, 0) is 56.1 Å². The van der Waals surface area contributed by atoms with Crippen molar-refractivity contribution in [2.75, 3.05) is 13.2 Å². The molecule has 2 saturated carbocycles. The molecule has 1 unspecified atom stereocenters. The van der Waals surface area contributed by atoms with Crippen LogP contribution in [-0.2, 0) is 11.2 Å².